The van der Waals surface area contributed by atoms with Crippen molar-refractivity contribution in [3.63, 3.8) is 0 Å². The summed E-state index contributed by atoms with van der Waals surface area (Å²) in [5.74, 6) is -0.998. The maximum Gasteiger partial charge on any atom is 0.243 e. The molecule has 21 heavy (non-hydrogen) atoms. The van der Waals surface area contributed by atoms with Crippen LogP contribution in [0.5, 0.6) is 0 Å². The number of sulfonamides is 1. The van der Waals surface area contributed by atoms with Crippen LogP contribution in [0.15, 0.2) is 34.5 Å². The van der Waals surface area contributed by atoms with Crippen LogP contribution in [-0.2, 0) is 16.4 Å². The van der Waals surface area contributed by atoms with Crippen LogP contribution in [-0.4, -0.2) is 14.5 Å². The molecular weight excluding hydrogens is 335 g/mol. The zero-order valence-corrected chi connectivity index (χ0v) is 13.5. The highest BCUT2D eigenvalue weighted by atomic mass is 35.5. The number of nitrogens with two attached hydrogens (primary N) is 1. The molecule has 0 saturated heterocycles. The summed E-state index contributed by atoms with van der Waals surface area (Å²) in [6.45, 7) is 1.71. The lowest BCUT2D eigenvalue weighted by Crippen LogP contribution is -2.34. The molecule has 1 heterocycles. The van der Waals surface area contributed by atoms with Gasteiger partial charge in [-0.25, -0.2) is 17.5 Å². The van der Waals surface area contributed by atoms with E-state index >= 15 is 0 Å². The molecule has 2 rings (SSSR count). The molecule has 0 aliphatic carbocycles. The lowest BCUT2D eigenvalue weighted by Gasteiger charge is -2.14. The minimum atomic E-state index is -4.02. The molecule has 1 atom stereocenters. The fraction of sp³-hybridized carbons (Fsp3) is 0.231. The van der Waals surface area contributed by atoms with E-state index in [0.29, 0.717) is 6.42 Å². The average molecular weight is 349 g/mol. The van der Waals surface area contributed by atoms with Crippen molar-refractivity contribution < 1.29 is 12.8 Å². The van der Waals surface area contributed by atoms with Gasteiger partial charge in [0.2, 0.25) is 10.0 Å². The van der Waals surface area contributed by atoms with Crippen LogP contribution in [0, 0.1) is 5.82 Å². The van der Waals surface area contributed by atoms with E-state index in [2.05, 4.69) is 4.72 Å². The van der Waals surface area contributed by atoms with Gasteiger partial charge in [-0.05, 0) is 36.9 Å². The summed E-state index contributed by atoms with van der Waals surface area (Å²) >= 11 is 7.16. The van der Waals surface area contributed by atoms with Crippen molar-refractivity contribution in [2.24, 2.45) is 0 Å². The van der Waals surface area contributed by atoms with Crippen LogP contribution >= 0.6 is 22.9 Å². The third-order valence-corrected chi connectivity index (χ3v) is 5.51. The predicted molar refractivity (Wildman–Crippen MR) is 83.6 cm³/mol. The second-order valence-corrected chi connectivity index (χ2v) is 7.74. The summed E-state index contributed by atoms with van der Waals surface area (Å²) in [6, 6.07) is 5.64. The van der Waals surface area contributed by atoms with Gasteiger partial charge in [0.25, 0.3) is 0 Å². The van der Waals surface area contributed by atoms with Crippen molar-refractivity contribution >= 4 is 38.6 Å². The minimum Gasteiger partial charge on any atom is -0.399 e. The first-order chi connectivity index (χ1) is 9.79. The Morgan fingerprint density at radius 1 is 1.48 bits per heavy atom. The number of rotatable bonds is 5. The Morgan fingerprint density at radius 3 is 2.81 bits per heavy atom. The predicted octanol–water partition coefficient (Wildman–Crippen LogP) is 3.03. The summed E-state index contributed by atoms with van der Waals surface area (Å²) in [7, 11) is -4.02. The first kappa shape index (κ1) is 16.2. The van der Waals surface area contributed by atoms with Gasteiger partial charge in [0.15, 0.2) is 5.82 Å². The number of halogens is 2. The molecule has 0 spiro atoms. The highest BCUT2D eigenvalue weighted by Crippen LogP contribution is 2.26. The molecule has 1 unspecified atom stereocenters. The van der Waals surface area contributed by atoms with Crippen molar-refractivity contribution in [1.82, 2.24) is 4.72 Å². The van der Waals surface area contributed by atoms with Crippen LogP contribution in [0.2, 0.25) is 5.02 Å². The van der Waals surface area contributed by atoms with Crippen LogP contribution in [0.25, 0.3) is 0 Å². The van der Waals surface area contributed by atoms with E-state index in [4.69, 9.17) is 17.3 Å². The van der Waals surface area contributed by atoms with Crippen molar-refractivity contribution in [3.05, 3.63) is 45.4 Å². The first-order valence-corrected chi connectivity index (χ1v) is 8.83. The Balaban J connectivity index is 2.22. The van der Waals surface area contributed by atoms with Crippen molar-refractivity contribution in [2.75, 3.05) is 5.73 Å². The van der Waals surface area contributed by atoms with Gasteiger partial charge >= 0.3 is 0 Å². The SMILES string of the molecule is CC(Cc1cccs1)NS(=O)(=O)c1cc(N)cc(Cl)c1F. The van der Waals surface area contributed by atoms with E-state index in [-0.39, 0.29) is 16.8 Å². The molecular formula is C13H14ClFN2O2S2. The quantitative estimate of drug-likeness (QED) is 0.816. The van der Waals surface area contributed by atoms with Crippen LogP contribution in [0.1, 0.15) is 11.8 Å². The van der Waals surface area contributed by atoms with Crippen LogP contribution in [0.4, 0.5) is 10.1 Å². The highest BCUT2D eigenvalue weighted by molar-refractivity contribution is 7.89. The molecule has 0 amide bonds. The molecule has 0 fully saturated rings. The second-order valence-electron chi connectivity index (χ2n) is 4.62. The maximum atomic E-state index is 13.9. The number of thiophene rings is 1. The van der Waals surface area contributed by atoms with Gasteiger partial charge in [0.1, 0.15) is 4.90 Å². The van der Waals surface area contributed by atoms with E-state index in [0.717, 1.165) is 10.9 Å². The van der Waals surface area contributed by atoms with E-state index in [1.165, 1.54) is 17.4 Å². The second kappa shape index (κ2) is 6.31. The fourth-order valence-corrected chi connectivity index (χ4v) is 4.38. The van der Waals surface area contributed by atoms with Gasteiger partial charge < -0.3 is 5.73 Å². The molecule has 0 saturated carbocycles. The van der Waals surface area contributed by atoms with Gasteiger partial charge in [-0.3, -0.25) is 0 Å². The third-order valence-electron chi connectivity index (χ3n) is 2.75. The maximum absolute atomic E-state index is 13.9. The zero-order valence-electron chi connectivity index (χ0n) is 11.1. The Hall–Kier alpha value is -1.15. The third kappa shape index (κ3) is 3.94. The summed E-state index contributed by atoms with van der Waals surface area (Å²) in [5.41, 5.74) is 5.61. The lowest BCUT2D eigenvalue weighted by atomic mass is 10.2. The molecule has 114 valence electrons. The monoisotopic (exact) mass is 348 g/mol. The molecule has 0 radical (unpaired) electrons. The zero-order chi connectivity index (χ0) is 15.6. The van der Waals surface area contributed by atoms with Crippen molar-refractivity contribution in [3.8, 4) is 0 Å². The van der Waals surface area contributed by atoms with Gasteiger partial charge in [-0.2, -0.15) is 0 Å². The van der Waals surface area contributed by atoms with E-state index in [9.17, 15) is 12.8 Å². The van der Waals surface area contributed by atoms with Crippen LogP contribution in [0.3, 0.4) is 0 Å². The first-order valence-electron chi connectivity index (χ1n) is 6.09. The molecule has 2 aromatic rings. The molecule has 8 heteroatoms. The Morgan fingerprint density at radius 2 is 2.19 bits per heavy atom. The smallest absolute Gasteiger partial charge is 0.243 e. The average Bonchev–Trinajstić information content (AvgIpc) is 2.85. The molecule has 0 aliphatic heterocycles. The molecule has 1 aromatic heterocycles. The number of benzene rings is 1. The Kier molecular flexibility index (Phi) is 4.88. The lowest BCUT2D eigenvalue weighted by molar-refractivity contribution is 0.543. The van der Waals surface area contributed by atoms with Crippen molar-refractivity contribution in [2.45, 2.75) is 24.3 Å². The van der Waals surface area contributed by atoms with Crippen LogP contribution < -0.4 is 10.5 Å². The number of hydrogen-bond donors (Lipinski definition) is 2. The normalized spacial score (nSPS) is 13.3. The summed E-state index contributed by atoms with van der Waals surface area (Å²) < 4.78 is 40.8. The largest absolute Gasteiger partial charge is 0.399 e. The van der Waals surface area contributed by atoms with Crippen molar-refractivity contribution in [1.29, 1.82) is 0 Å². The number of hydrogen-bond acceptors (Lipinski definition) is 4. The topological polar surface area (TPSA) is 72.2 Å². The summed E-state index contributed by atoms with van der Waals surface area (Å²) in [5, 5.41) is 1.59. The number of nitrogens with one attached hydrogen (secondary N) is 1. The van der Waals surface area contributed by atoms with Gasteiger partial charge in [-0.15, -0.1) is 11.3 Å². The standard InChI is InChI=1S/C13H14ClFN2O2S2/c1-8(5-10-3-2-4-20-10)17-21(18,19)12-7-9(16)6-11(14)13(12)15/h2-4,6-8,17H,5,16H2,1H3. The van der Waals surface area contributed by atoms with Gasteiger partial charge in [-0.1, -0.05) is 17.7 Å². The summed E-state index contributed by atoms with van der Waals surface area (Å²) in [6.07, 6.45) is 0.522. The summed E-state index contributed by atoms with van der Waals surface area (Å²) in [4.78, 5) is 0.502. The number of nitrogen functional groups attached to an aromatic ring is 1. The molecule has 3 N–H and O–H groups in total. The Bertz CT molecular complexity index is 733. The fourth-order valence-electron chi connectivity index (χ4n) is 1.88. The molecule has 4 nitrogen and oxygen atoms in total. The Labute approximate surface area is 131 Å². The minimum absolute atomic E-state index is 0.0904. The van der Waals surface area contributed by atoms with E-state index in [1.807, 2.05) is 17.5 Å². The van der Waals surface area contributed by atoms with E-state index < -0.39 is 20.7 Å². The molecule has 1 aromatic carbocycles. The molecule has 0 bridgehead atoms. The number of anilines is 1. The molecule has 0 aliphatic rings. The van der Waals surface area contributed by atoms with Gasteiger partial charge in [0.05, 0.1) is 5.02 Å². The highest BCUT2D eigenvalue weighted by Gasteiger charge is 2.24. The van der Waals surface area contributed by atoms with Gasteiger partial charge in [0, 0.05) is 16.6 Å². The van der Waals surface area contributed by atoms with E-state index in [1.54, 1.807) is 6.92 Å².